The van der Waals surface area contributed by atoms with Crippen molar-refractivity contribution in [1.82, 2.24) is 9.62 Å². The lowest BCUT2D eigenvalue weighted by molar-refractivity contribution is -0.133. The van der Waals surface area contributed by atoms with E-state index in [-0.39, 0.29) is 10.1 Å². The van der Waals surface area contributed by atoms with Crippen LogP contribution in [-0.4, -0.2) is 45.4 Å². The quantitative estimate of drug-likeness (QED) is 0.589. The number of hydrogen-bond donors (Lipinski definition) is 1. The standard InChI is InChI=1S/C22H22ClN3O3S2/c23-18-8-4-9-19(16-18)25-11-13-26(14-12-25)22(27)21(17-6-2-1-3-7-17)24-31(28,29)20-10-5-15-30-20/h1-10,15-16,21,24H,11-14H2. The first-order valence-corrected chi connectivity index (χ1v) is 12.6. The highest BCUT2D eigenvalue weighted by Gasteiger charge is 2.32. The van der Waals surface area contributed by atoms with Crippen LogP contribution in [0.3, 0.4) is 0 Å². The average molecular weight is 476 g/mol. The molecule has 1 aromatic heterocycles. The molecule has 6 nitrogen and oxygen atoms in total. The molecule has 0 aliphatic carbocycles. The number of nitrogens with zero attached hydrogens (tertiary/aromatic N) is 2. The third-order valence-electron chi connectivity index (χ3n) is 5.18. The Morgan fingerprint density at radius 1 is 0.968 bits per heavy atom. The van der Waals surface area contributed by atoms with Crippen molar-refractivity contribution in [3.05, 3.63) is 82.7 Å². The number of anilines is 1. The fourth-order valence-corrected chi connectivity index (χ4v) is 5.95. The van der Waals surface area contributed by atoms with Crippen LogP contribution in [0.2, 0.25) is 5.02 Å². The van der Waals surface area contributed by atoms with Gasteiger partial charge in [0.05, 0.1) is 0 Å². The van der Waals surface area contributed by atoms with Gasteiger partial charge >= 0.3 is 0 Å². The summed E-state index contributed by atoms with van der Waals surface area (Å²) in [4.78, 5) is 17.3. The summed E-state index contributed by atoms with van der Waals surface area (Å²) in [5, 5.41) is 2.37. The van der Waals surface area contributed by atoms with E-state index in [9.17, 15) is 13.2 Å². The van der Waals surface area contributed by atoms with E-state index in [1.165, 1.54) is 6.07 Å². The third-order valence-corrected chi connectivity index (χ3v) is 8.23. The van der Waals surface area contributed by atoms with Crippen LogP contribution in [-0.2, 0) is 14.8 Å². The molecule has 1 amide bonds. The van der Waals surface area contributed by atoms with E-state index in [0.717, 1.165) is 17.0 Å². The number of thiophene rings is 1. The van der Waals surface area contributed by atoms with E-state index >= 15 is 0 Å². The van der Waals surface area contributed by atoms with Crippen molar-refractivity contribution < 1.29 is 13.2 Å². The number of nitrogens with one attached hydrogen (secondary N) is 1. The number of carbonyl (C=O) groups excluding carboxylic acids is 1. The summed E-state index contributed by atoms with van der Waals surface area (Å²) in [6, 6.07) is 18.8. The Morgan fingerprint density at radius 2 is 1.71 bits per heavy atom. The summed E-state index contributed by atoms with van der Waals surface area (Å²) in [6.07, 6.45) is 0. The van der Waals surface area contributed by atoms with Crippen molar-refractivity contribution in [1.29, 1.82) is 0 Å². The molecule has 162 valence electrons. The number of amides is 1. The van der Waals surface area contributed by atoms with Crippen LogP contribution in [0.15, 0.2) is 76.3 Å². The summed E-state index contributed by atoms with van der Waals surface area (Å²) in [6.45, 7) is 2.28. The molecule has 4 rings (SSSR count). The smallest absolute Gasteiger partial charge is 0.251 e. The van der Waals surface area contributed by atoms with E-state index in [2.05, 4.69) is 9.62 Å². The Kier molecular flexibility index (Phi) is 6.62. The highest BCUT2D eigenvalue weighted by Crippen LogP contribution is 2.25. The first-order valence-electron chi connectivity index (χ1n) is 9.84. The zero-order valence-corrected chi connectivity index (χ0v) is 19.0. The van der Waals surface area contributed by atoms with Gasteiger partial charge in [-0.05, 0) is 35.2 Å². The van der Waals surface area contributed by atoms with Crippen LogP contribution in [0.5, 0.6) is 0 Å². The number of carbonyl (C=O) groups is 1. The highest BCUT2D eigenvalue weighted by molar-refractivity contribution is 7.91. The van der Waals surface area contributed by atoms with Crippen LogP contribution >= 0.6 is 22.9 Å². The largest absolute Gasteiger partial charge is 0.368 e. The molecule has 9 heteroatoms. The molecule has 3 aromatic rings. The highest BCUT2D eigenvalue weighted by atomic mass is 35.5. The average Bonchev–Trinajstić information content (AvgIpc) is 3.34. The fourth-order valence-electron chi connectivity index (χ4n) is 3.58. The SMILES string of the molecule is O=C(C(NS(=O)(=O)c1cccs1)c1ccccc1)N1CCN(c2cccc(Cl)c2)CC1. The molecule has 1 fully saturated rings. The monoisotopic (exact) mass is 475 g/mol. The lowest BCUT2D eigenvalue weighted by atomic mass is 10.1. The summed E-state index contributed by atoms with van der Waals surface area (Å²) in [7, 11) is -3.81. The lowest BCUT2D eigenvalue weighted by Crippen LogP contribution is -2.52. The summed E-state index contributed by atoms with van der Waals surface area (Å²) in [5.74, 6) is -0.253. The van der Waals surface area contributed by atoms with E-state index in [0.29, 0.717) is 36.8 Å². The predicted molar refractivity (Wildman–Crippen MR) is 124 cm³/mol. The molecule has 1 aliphatic rings. The zero-order chi connectivity index (χ0) is 21.8. The van der Waals surface area contributed by atoms with Crippen LogP contribution in [0.25, 0.3) is 0 Å². The number of hydrogen-bond acceptors (Lipinski definition) is 5. The first-order chi connectivity index (χ1) is 14.9. The minimum Gasteiger partial charge on any atom is -0.368 e. The topological polar surface area (TPSA) is 69.7 Å². The Hall–Kier alpha value is -2.39. The van der Waals surface area contributed by atoms with Crippen molar-refractivity contribution in [2.75, 3.05) is 31.1 Å². The van der Waals surface area contributed by atoms with Gasteiger partial charge in [-0.3, -0.25) is 4.79 Å². The van der Waals surface area contributed by atoms with Crippen LogP contribution < -0.4 is 9.62 Å². The van der Waals surface area contributed by atoms with Crippen molar-refractivity contribution in [3.63, 3.8) is 0 Å². The minimum absolute atomic E-state index is 0.187. The fraction of sp³-hybridized carbons (Fsp3) is 0.227. The number of halogens is 1. The van der Waals surface area contributed by atoms with Gasteiger partial charge in [-0.1, -0.05) is 54.1 Å². The second-order valence-electron chi connectivity index (χ2n) is 7.19. The van der Waals surface area contributed by atoms with Gasteiger partial charge in [0.2, 0.25) is 5.91 Å². The second-order valence-corrected chi connectivity index (χ2v) is 10.5. The zero-order valence-electron chi connectivity index (χ0n) is 16.6. The van der Waals surface area contributed by atoms with Crippen molar-refractivity contribution in [2.45, 2.75) is 10.3 Å². The lowest BCUT2D eigenvalue weighted by Gasteiger charge is -2.37. The Bertz CT molecular complexity index is 1130. The van der Waals surface area contributed by atoms with Gasteiger partial charge in [-0.15, -0.1) is 11.3 Å². The van der Waals surface area contributed by atoms with Gasteiger partial charge < -0.3 is 9.80 Å². The van der Waals surface area contributed by atoms with Crippen LogP contribution in [0, 0.1) is 0 Å². The number of rotatable bonds is 6. The van der Waals surface area contributed by atoms with Gasteiger partial charge in [0.25, 0.3) is 10.0 Å². The van der Waals surface area contributed by atoms with Crippen molar-refractivity contribution >= 4 is 44.6 Å². The van der Waals surface area contributed by atoms with Gasteiger partial charge in [0.15, 0.2) is 0 Å². The van der Waals surface area contributed by atoms with E-state index in [1.807, 2.05) is 30.3 Å². The molecule has 1 atom stereocenters. The molecule has 2 aromatic carbocycles. The summed E-state index contributed by atoms with van der Waals surface area (Å²) >= 11 is 7.22. The molecule has 0 saturated carbocycles. The molecule has 31 heavy (non-hydrogen) atoms. The van der Waals surface area contributed by atoms with E-state index in [1.54, 1.807) is 40.6 Å². The maximum absolute atomic E-state index is 13.4. The predicted octanol–water partition coefficient (Wildman–Crippen LogP) is 3.77. The van der Waals surface area contributed by atoms with Crippen LogP contribution in [0.1, 0.15) is 11.6 Å². The Balaban J connectivity index is 1.52. The van der Waals surface area contributed by atoms with E-state index < -0.39 is 16.1 Å². The molecule has 1 unspecified atom stereocenters. The Morgan fingerprint density at radius 3 is 2.35 bits per heavy atom. The minimum atomic E-state index is -3.81. The molecule has 2 heterocycles. The molecule has 1 saturated heterocycles. The Labute approximate surface area is 191 Å². The first kappa shape index (κ1) is 21.8. The number of sulfonamides is 1. The summed E-state index contributed by atoms with van der Waals surface area (Å²) < 4.78 is 28.5. The van der Waals surface area contributed by atoms with Gasteiger partial charge in [0.1, 0.15) is 10.3 Å². The molecule has 1 N–H and O–H groups in total. The molecule has 0 spiro atoms. The van der Waals surface area contributed by atoms with Gasteiger partial charge in [-0.25, -0.2) is 8.42 Å². The number of piperazine rings is 1. The maximum atomic E-state index is 13.4. The molecule has 0 radical (unpaired) electrons. The molecular formula is C22H22ClN3O3S2. The maximum Gasteiger partial charge on any atom is 0.251 e. The van der Waals surface area contributed by atoms with Crippen molar-refractivity contribution in [3.8, 4) is 0 Å². The van der Waals surface area contributed by atoms with Gasteiger partial charge in [-0.2, -0.15) is 4.72 Å². The number of benzene rings is 2. The second kappa shape index (κ2) is 9.40. The molecule has 0 bridgehead atoms. The van der Waals surface area contributed by atoms with Crippen LogP contribution in [0.4, 0.5) is 5.69 Å². The van der Waals surface area contributed by atoms with E-state index in [4.69, 9.17) is 11.6 Å². The van der Waals surface area contributed by atoms with Gasteiger partial charge in [0, 0.05) is 36.9 Å². The normalized spacial score (nSPS) is 15.6. The third kappa shape index (κ3) is 5.10. The molecule has 1 aliphatic heterocycles. The summed E-state index contributed by atoms with van der Waals surface area (Å²) in [5.41, 5.74) is 1.63. The molecular weight excluding hydrogens is 454 g/mol. The van der Waals surface area contributed by atoms with Crippen molar-refractivity contribution in [2.24, 2.45) is 0 Å².